The SMILES string of the molecule is N#Cc1ccc(NC(=O)N2CCN(C3c4ccc(Cl)cc4C(CN4CCOCC4)=Cc4cccnc43)CC2)cc1. The molecule has 204 valence electrons. The van der Waals surface area contributed by atoms with Crippen molar-refractivity contribution in [2.24, 2.45) is 0 Å². The zero-order valence-electron chi connectivity index (χ0n) is 22.2. The van der Waals surface area contributed by atoms with Crippen LogP contribution >= 0.6 is 11.6 Å². The summed E-state index contributed by atoms with van der Waals surface area (Å²) in [5.74, 6) is 0. The zero-order valence-corrected chi connectivity index (χ0v) is 23.0. The monoisotopic (exact) mass is 554 g/mol. The molecule has 40 heavy (non-hydrogen) atoms. The van der Waals surface area contributed by atoms with Crippen LogP contribution in [-0.2, 0) is 4.74 Å². The number of amides is 2. The van der Waals surface area contributed by atoms with Gasteiger partial charge in [0.05, 0.1) is 36.6 Å². The summed E-state index contributed by atoms with van der Waals surface area (Å²) in [6, 6.07) is 19.2. The number of benzene rings is 2. The number of ether oxygens (including phenoxy) is 1. The summed E-state index contributed by atoms with van der Waals surface area (Å²) in [4.78, 5) is 24.6. The lowest BCUT2D eigenvalue weighted by molar-refractivity contribution is 0.0444. The molecule has 1 aromatic heterocycles. The predicted molar refractivity (Wildman–Crippen MR) is 156 cm³/mol. The van der Waals surface area contributed by atoms with Gasteiger partial charge in [-0.3, -0.25) is 14.8 Å². The topological polar surface area (TPSA) is 84.7 Å². The Morgan fingerprint density at radius 1 is 1.05 bits per heavy atom. The molecule has 1 atom stereocenters. The number of urea groups is 1. The number of pyridine rings is 1. The highest BCUT2D eigenvalue weighted by Crippen LogP contribution is 2.40. The van der Waals surface area contributed by atoms with Crippen LogP contribution in [0.3, 0.4) is 0 Å². The van der Waals surface area contributed by atoms with Crippen LogP contribution in [-0.4, -0.2) is 84.7 Å². The molecule has 3 aliphatic rings. The van der Waals surface area contributed by atoms with Crippen molar-refractivity contribution in [3.8, 4) is 6.07 Å². The molecule has 1 unspecified atom stereocenters. The van der Waals surface area contributed by atoms with Gasteiger partial charge in [0, 0.05) is 62.7 Å². The molecular formula is C31H31ClN6O2. The third kappa shape index (κ3) is 5.60. The van der Waals surface area contributed by atoms with Crippen molar-refractivity contribution in [3.63, 3.8) is 0 Å². The molecule has 2 aliphatic heterocycles. The number of piperazine rings is 1. The molecule has 1 aliphatic carbocycles. The number of fused-ring (bicyclic) bond motifs is 2. The number of carbonyl (C=O) groups excluding carboxylic acids is 1. The molecule has 2 fully saturated rings. The maximum absolute atomic E-state index is 13.0. The van der Waals surface area contributed by atoms with Crippen LogP contribution in [0.2, 0.25) is 5.02 Å². The number of anilines is 1. The molecule has 3 aromatic rings. The fourth-order valence-electron chi connectivity index (χ4n) is 5.75. The minimum absolute atomic E-state index is 0.0503. The minimum atomic E-state index is -0.134. The van der Waals surface area contributed by atoms with Crippen molar-refractivity contribution >= 4 is 35.0 Å². The summed E-state index contributed by atoms with van der Waals surface area (Å²) < 4.78 is 5.58. The van der Waals surface area contributed by atoms with Gasteiger partial charge in [-0.1, -0.05) is 23.7 Å². The Hall–Kier alpha value is -3.74. The Balaban J connectivity index is 1.24. The number of hydrogen-bond acceptors (Lipinski definition) is 6. The Morgan fingerprint density at radius 2 is 1.82 bits per heavy atom. The van der Waals surface area contributed by atoms with E-state index < -0.39 is 0 Å². The van der Waals surface area contributed by atoms with Gasteiger partial charge in [-0.15, -0.1) is 0 Å². The van der Waals surface area contributed by atoms with Crippen molar-refractivity contribution in [2.75, 3.05) is 64.3 Å². The van der Waals surface area contributed by atoms with Crippen LogP contribution in [0, 0.1) is 11.3 Å². The van der Waals surface area contributed by atoms with Crippen LogP contribution in [0.5, 0.6) is 0 Å². The molecule has 0 radical (unpaired) electrons. The van der Waals surface area contributed by atoms with E-state index in [1.807, 2.05) is 23.2 Å². The number of nitrogens with one attached hydrogen (secondary N) is 1. The standard InChI is InChI=1S/C31H31ClN6O2/c32-25-5-8-27-28(19-25)24(21-36-14-16-40-17-15-36)18-23-2-1-9-34-29(23)30(27)37-10-12-38(13-11-37)31(39)35-26-6-3-22(20-33)4-7-26/h1-9,18-19,30H,10-17,21H2,(H,35,39). The first-order valence-corrected chi connectivity index (χ1v) is 14.0. The van der Waals surface area contributed by atoms with E-state index in [2.05, 4.69) is 45.5 Å². The lowest BCUT2D eigenvalue weighted by Crippen LogP contribution is -2.51. The smallest absolute Gasteiger partial charge is 0.321 e. The van der Waals surface area contributed by atoms with E-state index in [1.54, 1.807) is 24.3 Å². The number of rotatable bonds is 4. The maximum Gasteiger partial charge on any atom is 0.321 e. The van der Waals surface area contributed by atoms with Gasteiger partial charge in [0.2, 0.25) is 0 Å². The number of carbonyl (C=O) groups is 1. The zero-order chi connectivity index (χ0) is 27.5. The Kier molecular flexibility index (Phi) is 7.80. The van der Waals surface area contributed by atoms with E-state index in [0.717, 1.165) is 49.7 Å². The van der Waals surface area contributed by atoms with E-state index >= 15 is 0 Å². The molecular weight excluding hydrogens is 524 g/mol. The summed E-state index contributed by atoms with van der Waals surface area (Å²) in [7, 11) is 0. The number of halogens is 1. The second-order valence-corrected chi connectivity index (χ2v) is 10.7. The highest BCUT2D eigenvalue weighted by Gasteiger charge is 2.34. The Morgan fingerprint density at radius 3 is 2.58 bits per heavy atom. The lowest BCUT2D eigenvalue weighted by atomic mass is 9.93. The molecule has 6 rings (SSSR count). The van der Waals surface area contributed by atoms with E-state index in [1.165, 1.54) is 11.1 Å². The summed E-state index contributed by atoms with van der Waals surface area (Å²) in [6.07, 6.45) is 4.14. The van der Waals surface area contributed by atoms with Gasteiger partial charge in [0.15, 0.2) is 0 Å². The van der Waals surface area contributed by atoms with Gasteiger partial charge < -0.3 is 15.0 Å². The first kappa shape index (κ1) is 26.5. The maximum atomic E-state index is 13.0. The van der Waals surface area contributed by atoms with Crippen LogP contribution in [0.1, 0.15) is 34.0 Å². The summed E-state index contributed by atoms with van der Waals surface area (Å²) >= 11 is 6.56. The van der Waals surface area contributed by atoms with Gasteiger partial charge in [0.1, 0.15) is 0 Å². The molecule has 2 aromatic carbocycles. The first-order chi connectivity index (χ1) is 19.6. The van der Waals surface area contributed by atoms with Gasteiger partial charge in [0.25, 0.3) is 0 Å². The molecule has 3 heterocycles. The van der Waals surface area contributed by atoms with Crippen molar-refractivity contribution in [1.82, 2.24) is 19.7 Å². The number of morpholine rings is 1. The van der Waals surface area contributed by atoms with E-state index in [4.69, 9.17) is 26.6 Å². The largest absolute Gasteiger partial charge is 0.379 e. The van der Waals surface area contributed by atoms with Gasteiger partial charge in [-0.25, -0.2) is 4.79 Å². The normalized spacial score (nSPS) is 19.6. The average Bonchev–Trinajstić information content (AvgIpc) is 3.12. The molecule has 2 saturated heterocycles. The van der Waals surface area contributed by atoms with Crippen LogP contribution in [0.4, 0.5) is 10.5 Å². The van der Waals surface area contributed by atoms with Crippen LogP contribution < -0.4 is 5.32 Å². The van der Waals surface area contributed by atoms with Crippen molar-refractivity contribution in [1.29, 1.82) is 5.26 Å². The molecule has 0 spiro atoms. The van der Waals surface area contributed by atoms with E-state index in [-0.39, 0.29) is 12.1 Å². The average molecular weight is 555 g/mol. The third-order valence-electron chi connectivity index (χ3n) is 7.85. The highest BCUT2D eigenvalue weighted by atomic mass is 35.5. The summed E-state index contributed by atoms with van der Waals surface area (Å²) in [5.41, 5.74) is 6.96. The van der Waals surface area contributed by atoms with E-state index in [9.17, 15) is 4.79 Å². The molecule has 2 amide bonds. The number of hydrogen-bond donors (Lipinski definition) is 1. The molecule has 0 saturated carbocycles. The van der Waals surface area contributed by atoms with Crippen molar-refractivity contribution in [3.05, 3.63) is 93.8 Å². The van der Waals surface area contributed by atoms with E-state index in [0.29, 0.717) is 42.5 Å². The molecule has 1 N–H and O–H groups in total. The predicted octanol–water partition coefficient (Wildman–Crippen LogP) is 4.73. The number of nitriles is 1. The summed E-state index contributed by atoms with van der Waals surface area (Å²) in [6.45, 7) is 6.74. The number of aromatic nitrogens is 1. The van der Waals surface area contributed by atoms with Gasteiger partial charge in [-0.05, 0) is 70.8 Å². The van der Waals surface area contributed by atoms with Gasteiger partial charge >= 0.3 is 6.03 Å². The second-order valence-electron chi connectivity index (χ2n) is 10.3. The minimum Gasteiger partial charge on any atom is -0.379 e. The third-order valence-corrected chi connectivity index (χ3v) is 8.08. The Labute approximate surface area is 239 Å². The van der Waals surface area contributed by atoms with Crippen molar-refractivity contribution in [2.45, 2.75) is 6.04 Å². The molecule has 9 heteroatoms. The fourth-order valence-corrected chi connectivity index (χ4v) is 5.92. The highest BCUT2D eigenvalue weighted by molar-refractivity contribution is 6.30. The fraction of sp³-hybridized carbons (Fsp3) is 0.323. The van der Waals surface area contributed by atoms with Crippen molar-refractivity contribution < 1.29 is 9.53 Å². The van der Waals surface area contributed by atoms with Gasteiger partial charge in [-0.2, -0.15) is 5.26 Å². The van der Waals surface area contributed by atoms with Crippen LogP contribution in [0.25, 0.3) is 11.6 Å². The quantitative estimate of drug-likeness (QED) is 0.502. The molecule has 0 bridgehead atoms. The summed E-state index contributed by atoms with van der Waals surface area (Å²) in [5, 5.41) is 12.7. The second kappa shape index (κ2) is 11.8. The first-order valence-electron chi connectivity index (χ1n) is 13.6. The van der Waals surface area contributed by atoms with Crippen LogP contribution in [0.15, 0.2) is 60.8 Å². The Bertz CT molecular complexity index is 1450. The molecule has 8 nitrogen and oxygen atoms in total. The number of nitrogens with zero attached hydrogens (tertiary/aromatic N) is 5. The lowest BCUT2D eigenvalue weighted by Gasteiger charge is -2.39.